The number of nitrogens with one attached hydrogen (secondary N) is 1. The molecule has 0 spiro atoms. The Bertz CT molecular complexity index is 835. The lowest BCUT2D eigenvalue weighted by Gasteiger charge is -2.18. The van der Waals surface area contributed by atoms with Gasteiger partial charge < -0.3 is 9.88 Å². The minimum Gasteiger partial charge on any atom is -0.350 e. The lowest BCUT2D eigenvalue weighted by Crippen LogP contribution is -2.31. The quantitative estimate of drug-likeness (QED) is 0.752. The molecule has 0 bridgehead atoms. The average molecular weight is 337 g/mol. The molecule has 0 unspecified atom stereocenters. The highest BCUT2D eigenvalue weighted by Crippen LogP contribution is 2.18. The number of hydrogen-bond donors (Lipinski definition) is 1. The van der Waals surface area contributed by atoms with E-state index in [-0.39, 0.29) is 17.9 Å². The minimum atomic E-state index is -0.309. The molecule has 3 rings (SSSR count). The second kappa shape index (κ2) is 7.34. The number of amides is 1. The number of para-hydroxylation sites is 1. The van der Waals surface area contributed by atoms with Crippen LogP contribution in [-0.2, 0) is 11.3 Å². The summed E-state index contributed by atoms with van der Waals surface area (Å²) in [5.41, 5.74) is 1.98. The molecule has 1 atom stereocenters. The zero-order valence-electron chi connectivity index (χ0n) is 14.8. The molecule has 3 aromatic rings. The molecule has 25 heavy (non-hydrogen) atoms. The molecule has 0 fully saturated rings. The molecule has 0 aliphatic heterocycles. The van der Waals surface area contributed by atoms with Crippen LogP contribution in [0.3, 0.4) is 0 Å². The molecule has 0 saturated heterocycles. The molecule has 1 amide bonds. The first-order valence-corrected chi connectivity index (χ1v) is 8.46. The van der Waals surface area contributed by atoms with E-state index in [1.54, 1.807) is 17.1 Å². The van der Waals surface area contributed by atoms with Crippen molar-refractivity contribution in [3.8, 4) is 5.69 Å². The van der Waals surface area contributed by atoms with E-state index in [2.05, 4.69) is 29.2 Å². The third-order valence-corrected chi connectivity index (χ3v) is 4.21. The van der Waals surface area contributed by atoms with Crippen molar-refractivity contribution in [3.05, 3.63) is 66.5 Å². The fraction of sp³-hybridized carbons (Fsp3) is 0.316. The fourth-order valence-corrected chi connectivity index (χ4v) is 2.85. The van der Waals surface area contributed by atoms with Gasteiger partial charge >= 0.3 is 0 Å². The van der Waals surface area contributed by atoms with Crippen molar-refractivity contribution in [3.63, 3.8) is 0 Å². The van der Waals surface area contributed by atoms with Gasteiger partial charge in [-0.15, -0.1) is 0 Å². The first kappa shape index (κ1) is 17.0. The third kappa shape index (κ3) is 3.63. The number of hydrogen-bond acceptors (Lipinski definition) is 3. The van der Waals surface area contributed by atoms with Crippen LogP contribution in [0.2, 0.25) is 0 Å². The molecule has 6 nitrogen and oxygen atoms in total. The van der Waals surface area contributed by atoms with Gasteiger partial charge in [-0.25, -0.2) is 9.67 Å². The van der Waals surface area contributed by atoms with E-state index in [0.29, 0.717) is 6.54 Å². The van der Waals surface area contributed by atoms with Crippen LogP contribution >= 0.6 is 0 Å². The first-order chi connectivity index (χ1) is 12.1. The van der Waals surface area contributed by atoms with E-state index in [0.717, 1.165) is 17.1 Å². The molecule has 0 aliphatic rings. The van der Waals surface area contributed by atoms with E-state index in [4.69, 9.17) is 0 Å². The van der Waals surface area contributed by atoms with Gasteiger partial charge in [-0.1, -0.05) is 32.0 Å². The molecule has 1 N–H and O–H groups in total. The van der Waals surface area contributed by atoms with Gasteiger partial charge in [0, 0.05) is 37.3 Å². The Balaban J connectivity index is 1.72. The summed E-state index contributed by atoms with van der Waals surface area (Å²) < 4.78 is 3.73. The van der Waals surface area contributed by atoms with Crippen molar-refractivity contribution < 1.29 is 4.79 Å². The van der Waals surface area contributed by atoms with Crippen molar-refractivity contribution in [2.24, 2.45) is 0 Å². The van der Waals surface area contributed by atoms with Crippen LogP contribution in [0.5, 0.6) is 0 Å². The van der Waals surface area contributed by atoms with Crippen molar-refractivity contribution in [1.29, 1.82) is 0 Å². The Morgan fingerprint density at radius 1 is 1.12 bits per heavy atom. The van der Waals surface area contributed by atoms with Crippen LogP contribution in [0.15, 0.2) is 55.1 Å². The van der Waals surface area contributed by atoms with Gasteiger partial charge in [0.1, 0.15) is 11.9 Å². The van der Waals surface area contributed by atoms with Gasteiger partial charge in [0.2, 0.25) is 5.91 Å². The highest BCUT2D eigenvalue weighted by atomic mass is 16.2. The molecular weight excluding hydrogens is 314 g/mol. The maximum atomic E-state index is 12.6. The number of imidazole rings is 1. The smallest absolute Gasteiger partial charge is 0.243 e. The SMILES string of the molecule is CC(C)c1nccn1[C@@H](C)C(=O)NCc1ccccc1-n1cccn1. The number of carbonyl (C=O) groups excluding carboxylic acids is 1. The summed E-state index contributed by atoms with van der Waals surface area (Å²) in [6, 6.07) is 9.49. The largest absolute Gasteiger partial charge is 0.350 e. The highest BCUT2D eigenvalue weighted by Gasteiger charge is 2.19. The van der Waals surface area contributed by atoms with Crippen LogP contribution in [0.4, 0.5) is 0 Å². The molecule has 2 heterocycles. The molecule has 1 aromatic carbocycles. The van der Waals surface area contributed by atoms with Gasteiger partial charge in [-0.2, -0.15) is 5.10 Å². The van der Waals surface area contributed by atoms with E-state index in [1.165, 1.54) is 0 Å². The van der Waals surface area contributed by atoms with Crippen LogP contribution in [-0.4, -0.2) is 25.2 Å². The molecule has 130 valence electrons. The summed E-state index contributed by atoms with van der Waals surface area (Å²) in [5.74, 6) is 1.15. The monoisotopic (exact) mass is 337 g/mol. The Morgan fingerprint density at radius 2 is 1.92 bits per heavy atom. The lowest BCUT2D eigenvalue weighted by molar-refractivity contribution is -0.124. The predicted octanol–water partition coefficient (Wildman–Crippen LogP) is 3.07. The molecule has 0 saturated carbocycles. The van der Waals surface area contributed by atoms with Crippen LogP contribution in [0.25, 0.3) is 5.69 Å². The number of rotatable bonds is 6. The molecule has 6 heteroatoms. The summed E-state index contributed by atoms with van der Waals surface area (Å²) in [4.78, 5) is 17.0. The third-order valence-electron chi connectivity index (χ3n) is 4.21. The van der Waals surface area contributed by atoms with Gasteiger partial charge in [0.25, 0.3) is 0 Å². The van der Waals surface area contributed by atoms with Crippen LogP contribution in [0.1, 0.15) is 44.1 Å². The average Bonchev–Trinajstić information content (AvgIpc) is 3.30. The second-order valence-corrected chi connectivity index (χ2v) is 6.32. The van der Waals surface area contributed by atoms with E-state index in [9.17, 15) is 4.79 Å². The maximum Gasteiger partial charge on any atom is 0.243 e. The van der Waals surface area contributed by atoms with Crippen molar-refractivity contribution in [2.75, 3.05) is 0 Å². The Labute approximate surface area is 147 Å². The lowest BCUT2D eigenvalue weighted by atomic mass is 10.1. The van der Waals surface area contributed by atoms with Crippen molar-refractivity contribution in [1.82, 2.24) is 24.6 Å². The Hall–Kier alpha value is -2.89. The number of nitrogens with zero attached hydrogens (tertiary/aromatic N) is 4. The van der Waals surface area contributed by atoms with E-state index in [1.807, 2.05) is 54.2 Å². The van der Waals surface area contributed by atoms with Gasteiger partial charge in [0.15, 0.2) is 0 Å². The second-order valence-electron chi connectivity index (χ2n) is 6.32. The Morgan fingerprint density at radius 3 is 2.64 bits per heavy atom. The maximum absolute atomic E-state index is 12.6. The number of carbonyl (C=O) groups is 1. The number of benzene rings is 1. The van der Waals surface area contributed by atoms with Crippen molar-refractivity contribution >= 4 is 5.91 Å². The fourth-order valence-electron chi connectivity index (χ4n) is 2.85. The number of aromatic nitrogens is 4. The molecule has 0 radical (unpaired) electrons. The molecule has 2 aromatic heterocycles. The normalized spacial score (nSPS) is 12.3. The standard InChI is InChI=1S/C19H23N5O/c1-14(2)18-20-10-12-23(18)15(3)19(25)21-13-16-7-4-5-8-17(16)24-11-6-9-22-24/h4-12,14-15H,13H2,1-3H3,(H,21,25)/t15-/m0/s1. The summed E-state index contributed by atoms with van der Waals surface area (Å²) in [6.07, 6.45) is 7.23. The summed E-state index contributed by atoms with van der Waals surface area (Å²) in [5, 5.41) is 7.30. The van der Waals surface area contributed by atoms with Gasteiger partial charge in [0.05, 0.1) is 5.69 Å². The summed E-state index contributed by atoms with van der Waals surface area (Å²) in [6.45, 7) is 6.49. The first-order valence-electron chi connectivity index (χ1n) is 8.46. The minimum absolute atomic E-state index is 0.0323. The highest BCUT2D eigenvalue weighted by molar-refractivity contribution is 5.80. The molecule has 0 aliphatic carbocycles. The van der Waals surface area contributed by atoms with Gasteiger partial charge in [-0.3, -0.25) is 4.79 Å². The van der Waals surface area contributed by atoms with Crippen LogP contribution < -0.4 is 5.32 Å². The Kier molecular flexibility index (Phi) is 4.97. The molecular formula is C19H23N5O. The summed E-state index contributed by atoms with van der Waals surface area (Å²) in [7, 11) is 0. The van der Waals surface area contributed by atoms with Gasteiger partial charge in [-0.05, 0) is 24.6 Å². The summed E-state index contributed by atoms with van der Waals surface area (Å²) >= 11 is 0. The van der Waals surface area contributed by atoms with Crippen LogP contribution in [0, 0.1) is 0 Å². The zero-order chi connectivity index (χ0) is 17.8. The predicted molar refractivity (Wildman–Crippen MR) is 96.4 cm³/mol. The van der Waals surface area contributed by atoms with Crippen molar-refractivity contribution in [2.45, 2.75) is 39.3 Å². The van der Waals surface area contributed by atoms with E-state index < -0.39 is 0 Å². The van der Waals surface area contributed by atoms with E-state index >= 15 is 0 Å². The topological polar surface area (TPSA) is 64.7 Å². The zero-order valence-corrected chi connectivity index (χ0v) is 14.8.